The van der Waals surface area contributed by atoms with E-state index in [9.17, 15) is 29.3 Å². The van der Waals surface area contributed by atoms with Crippen molar-refractivity contribution >= 4 is 11.9 Å². The van der Waals surface area contributed by atoms with Gasteiger partial charge in [-0.05, 0) is 172 Å². The maximum absolute atomic E-state index is 14.0. The monoisotopic (exact) mass is 751 g/mol. The predicted octanol–water partition coefficient (Wildman–Crippen LogP) is 8.83. The van der Waals surface area contributed by atoms with E-state index in [2.05, 4.69) is 70.5 Å². The average molecular weight is 751 g/mol. The highest BCUT2D eigenvalue weighted by Crippen LogP contribution is 2.76. The third-order valence-corrected chi connectivity index (χ3v) is 18.8. The Morgan fingerprint density at radius 1 is 0.852 bits per heavy atom. The molecule has 0 bridgehead atoms. The lowest BCUT2D eigenvalue weighted by Crippen LogP contribution is -2.68. The van der Waals surface area contributed by atoms with Gasteiger partial charge < -0.3 is 25.5 Å². The van der Waals surface area contributed by atoms with Crippen molar-refractivity contribution in [2.75, 3.05) is 39.5 Å². The summed E-state index contributed by atoms with van der Waals surface area (Å²) in [6.07, 6.45) is 17.8. The first-order chi connectivity index (χ1) is 25.4. The lowest BCUT2D eigenvalue weighted by Gasteiger charge is -2.72. The number of likely N-dealkylation sites (tertiary alicyclic amines) is 1. The molecule has 0 spiro atoms. The molecule has 7 aliphatic rings. The molecule has 54 heavy (non-hydrogen) atoms. The largest absolute Gasteiger partial charge is 0.481 e. The van der Waals surface area contributed by atoms with Gasteiger partial charge in [-0.15, -0.1) is 0 Å². The number of aliphatic hydroxyl groups is 1. The standard InChI is InChI=1S/C46H71FN2O5/c1-30(2)32-12-19-46(48-24-27-49-25-22-45(29-50,23-26-49)39(53)54)21-20-42(6)34(37(32)46)8-9-36-41(5)15-13-33(40(3,4)35(41)14-16-43(36,42)7)31-10-17-44(28-47,18-11-31)38(51)52/h10,13,32,34-37,48,50H,1,8-9,11-12,14-29H2,2-7H3,(H,51,52)(H,53,54)/t32-,34+,35-,36+,37+,41-,42+,43+,44+,46-/m0/s1. The Kier molecular flexibility index (Phi) is 10.3. The lowest BCUT2D eigenvalue weighted by molar-refractivity contribution is -0.221. The zero-order chi connectivity index (χ0) is 39.1. The van der Waals surface area contributed by atoms with Gasteiger partial charge in [0.15, 0.2) is 0 Å². The first kappa shape index (κ1) is 40.2. The maximum atomic E-state index is 14.0. The highest BCUT2D eigenvalue weighted by Gasteiger charge is 2.70. The van der Waals surface area contributed by atoms with Crippen LogP contribution in [0.4, 0.5) is 4.39 Å². The number of rotatable bonds is 10. The molecule has 4 N–H and O–H groups in total. The number of carboxylic acid groups (broad SMARTS) is 2. The van der Waals surface area contributed by atoms with E-state index in [-0.39, 0.29) is 40.2 Å². The molecule has 7 nitrogen and oxygen atoms in total. The Morgan fingerprint density at radius 3 is 2.15 bits per heavy atom. The van der Waals surface area contributed by atoms with Gasteiger partial charge in [0.1, 0.15) is 6.67 Å². The van der Waals surface area contributed by atoms with Crippen molar-refractivity contribution < 1.29 is 29.3 Å². The summed E-state index contributed by atoms with van der Waals surface area (Å²) in [5, 5.41) is 33.7. The average Bonchev–Trinajstić information content (AvgIpc) is 3.52. The second kappa shape index (κ2) is 13.8. The summed E-state index contributed by atoms with van der Waals surface area (Å²) in [6.45, 7) is 21.9. The zero-order valence-corrected chi connectivity index (χ0v) is 34.4. The number of allylic oxidation sites excluding steroid dienone is 5. The van der Waals surface area contributed by atoms with Crippen LogP contribution < -0.4 is 5.32 Å². The molecule has 0 amide bonds. The van der Waals surface area contributed by atoms with Gasteiger partial charge in [0, 0.05) is 18.6 Å². The van der Waals surface area contributed by atoms with Crippen LogP contribution in [0.1, 0.15) is 131 Å². The Labute approximate surface area is 324 Å². The molecule has 302 valence electrons. The molecule has 7 rings (SSSR count). The van der Waals surface area contributed by atoms with Crippen molar-refractivity contribution in [3.05, 3.63) is 35.5 Å². The molecule has 0 aromatic rings. The third-order valence-electron chi connectivity index (χ3n) is 18.8. The minimum atomic E-state index is -1.26. The first-order valence-electron chi connectivity index (χ1n) is 21.6. The molecule has 6 aliphatic carbocycles. The van der Waals surface area contributed by atoms with Crippen molar-refractivity contribution in [2.45, 2.75) is 137 Å². The van der Waals surface area contributed by atoms with Crippen molar-refractivity contribution in [3.63, 3.8) is 0 Å². The first-order valence-corrected chi connectivity index (χ1v) is 21.6. The smallest absolute Gasteiger partial charge is 0.312 e. The Bertz CT molecular complexity index is 1580. The maximum Gasteiger partial charge on any atom is 0.312 e. The molecule has 0 radical (unpaired) electrons. The van der Waals surface area contributed by atoms with Crippen LogP contribution in [0.5, 0.6) is 0 Å². The van der Waals surface area contributed by atoms with Gasteiger partial charge in [-0.2, -0.15) is 0 Å². The van der Waals surface area contributed by atoms with Gasteiger partial charge in [-0.25, -0.2) is 4.39 Å². The number of aliphatic carboxylic acids is 2. The molecular formula is C46H71FN2O5. The van der Waals surface area contributed by atoms with Gasteiger partial charge in [0.2, 0.25) is 0 Å². The van der Waals surface area contributed by atoms with Crippen LogP contribution in [-0.4, -0.2) is 77.2 Å². The summed E-state index contributed by atoms with van der Waals surface area (Å²) in [6, 6.07) is 0. The molecule has 1 saturated heterocycles. The van der Waals surface area contributed by atoms with Crippen LogP contribution >= 0.6 is 0 Å². The minimum Gasteiger partial charge on any atom is -0.481 e. The highest BCUT2D eigenvalue weighted by molar-refractivity contribution is 5.76. The summed E-state index contributed by atoms with van der Waals surface area (Å²) >= 11 is 0. The molecule has 1 aliphatic heterocycles. The summed E-state index contributed by atoms with van der Waals surface area (Å²) in [7, 11) is 0. The number of carbonyl (C=O) groups is 2. The van der Waals surface area contributed by atoms with Crippen molar-refractivity contribution in [3.8, 4) is 0 Å². The van der Waals surface area contributed by atoms with Crippen molar-refractivity contribution in [2.24, 2.45) is 62.1 Å². The molecule has 0 aromatic heterocycles. The van der Waals surface area contributed by atoms with E-state index >= 15 is 0 Å². The number of halogens is 1. The quantitative estimate of drug-likeness (QED) is 0.165. The Balaban J connectivity index is 1.10. The second-order valence-corrected chi connectivity index (χ2v) is 21.1. The third kappa shape index (κ3) is 5.78. The molecular weight excluding hydrogens is 680 g/mol. The number of hydrogen-bond acceptors (Lipinski definition) is 5. The van der Waals surface area contributed by atoms with E-state index in [1.54, 1.807) is 0 Å². The number of nitrogens with one attached hydrogen (secondary N) is 1. The summed E-state index contributed by atoms with van der Waals surface area (Å²) in [5.74, 6) is 1.05. The highest BCUT2D eigenvalue weighted by atomic mass is 19.1. The fourth-order valence-electron chi connectivity index (χ4n) is 15.2. The Morgan fingerprint density at radius 2 is 1.56 bits per heavy atom. The van der Waals surface area contributed by atoms with Crippen molar-refractivity contribution in [1.82, 2.24) is 10.2 Å². The fraction of sp³-hybridized carbons (Fsp3) is 0.826. The van der Waals surface area contributed by atoms with E-state index in [1.165, 1.54) is 68.1 Å². The normalized spacial score (nSPS) is 44.1. The van der Waals surface area contributed by atoms with E-state index in [0.717, 1.165) is 32.6 Å². The number of alkyl halides is 1. The van der Waals surface area contributed by atoms with Crippen molar-refractivity contribution in [1.29, 1.82) is 0 Å². The van der Waals surface area contributed by atoms with E-state index in [4.69, 9.17) is 0 Å². The number of piperidine rings is 1. The number of hydrogen-bond donors (Lipinski definition) is 4. The van der Waals surface area contributed by atoms with Crippen LogP contribution in [0.15, 0.2) is 35.5 Å². The van der Waals surface area contributed by atoms with Gasteiger partial charge in [-0.3, -0.25) is 9.59 Å². The number of fused-ring (bicyclic) bond motifs is 7. The van der Waals surface area contributed by atoms with E-state index in [1.807, 2.05) is 0 Å². The van der Waals surface area contributed by atoms with Crippen LogP contribution in [0.25, 0.3) is 0 Å². The lowest BCUT2D eigenvalue weighted by atomic mass is 9.33. The number of carboxylic acids is 2. The van der Waals surface area contributed by atoms with Crippen LogP contribution in [0, 0.1) is 62.1 Å². The van der Waals surface area contributed by atoms with Crippen LogP contribution in [0.2, 0.25) is 0 Å². The summed E-state index contributed by atoms with van der Waals surface area (Å²) in [4.78, 5) is 26.3. The van der Waals surface area contributed by atoms with Crippen LogP contribution in [0.3, 0.4) is 0 Å². The number of nitrogens with zero attached hydrogens (tertiary/aromatic N) is 1. The second-order valence-electron chi connectivity index (χ2n) is 21.1. The topological polar surface area (TPSA) is 110 Å². The van der Waals surface area contributed by atoms with Crippen LogP contribution in [-0.2, 0) is 9.59 Å². The molecule has 8 heteroatoms. The molecule has 4 saturated carbocycles. The van der Waals surface area contributed by atoms with Gasteiger partial charge in [-0.1, -0.05) is 58.9 Å². The van der Waals surface area contributed by atoms with Gasteiger partial charge >= 0.3 is 11.9 Å². The van der Waals surface area contributed by atoms with Gasteiger partial charge in [0.05, 0.1) is 17.4 Å². The van der Waals surface area contributed by atoms with E-state index in [0.29, 0.717) is 55.3 Å². The number of aliphatic hydroxyl groups excluding tert-OH is 1. The molecule has 1 heterocycles. The molecule has 10 atom stereocenters. The predicted molar refractivity (Wildman–Crippen MR) is 212 cm³/mol. The summed E-state index contributed by atoms with van der Waals surface area (Å²) in [5.41, 5.74) is 2.50. The molecule has 0 unspecified atom stereocenters. The minimum absolute atomic E-state index is 0.0272. The van der Waals surface area contributed by atoms with E-state index < -0.39 is 29.4 Å². The SMILES string of the molecule is C=C(C)[C@@H]1CC[C@]2(NCCN3CCC(CO)(C(=O)O)CC3)CC[C@]3(C)[C@H](CC[C@@H]4[C@@]5(C)CC=C(C6=CC[C@@](CF)(C(=O)O)CC6)C(C)(C)[C@@H]5CC[C@]43C)[C@@H]12. The fourth-order valence-corrected chi connectivity index (χ4v) is 15.2. The Hall–Kier alpha value is -2.03. The molecule has 0 aromatic carbocycles. The molecule has 5 fully saturated rings. The summed E-state index contributed by atoms with van der Waals surface area (Å²) < 4.78 is 14.0. The van der Waals surface area contributed by atoms with Gasteiger partial charge in [0.25, 0.3) is 0 Å². The zero-order valence-electron chi connectivity index (χ0n) is 34.4.